The zero-order valence-electron chi connectivity index (χ0n) is 13.0. The zero-order chi connectivity index (χ0) is 16.4. The first-order chi connectivity index (χ1) is 11.8. The van der Waals surface area contributed by atoms with Gasteiger partial charge in [-0.15, -0.1) is 10.2 Å². The summed E-state index contributed by atoms with van der Waals surface area (Å²) in [4.78, 5) is 18.4. The predicted octanol–water partition coefficient (Wildman–Crippen LogP) is 2.76. The zero-order valence-corrected chi connectivity index (χ0v) is 13.0. The average Bonchev–Trinajstić information content (AvgIpc) is 3.32. The normalized spacial score (nSPS) is 17.2. The second-order valence-electron chi connectivity index (χ2n) is 5.79. The van der Waals surface area contributed by atoms with E-state index in [0.29, 0.717) is 30.4 Å². The summed E-state index contributed by atoms with van der Waals surface area (Å²) in [5, 5.41) is 8.26. The SMILES string of the molecule is O=C(c1ccccc1)N1CC[C@H](c2nnc(-c3cccnc3)o2)C1. The Morgan fingerprint density at radius 1 is 1.12 bits per heavy atom. The van der Waals surface area contributed by atoms with Gasteiger partial charge in [0.1, 0.15) is 0 Å². The van der Waals surface area contributed by atoms with Crippen LogP contribution in [0.1, 0.15) is 28.6 Å². The largest absolute Gasteiger partial charge is 0.420 e. The fourth-order valence-corrected chi connectivity index (χ4v) is 2.92. The molecule has 24 heavy (non-hydrogen) atoms. The molecule has 1 aliphatic rings. The van der Waals surface area contributed by atoms with E-state index in [1.165, 1.54) is 0 Å². The van der Waals surface area contributed by atoms with Crippen LogP contribution in [0, 0.1) is 0 Å². The van der Waals surface area contributed by atoms with E-state index in [9.17, 15) is 4.79 Å². The molecule has 1 fully saturated rings. The molecule has 0 unspecified atom stereocenters. The minimum Gasteiger partial charge on any atom is -0.420 e. The Balaban J connectivity index is 1.48. The fourth-order valence-electron chi connectivity index (χ4n) is 2.92. The maximum Gasteiger partial charge on any atom is 0.253 e. The van der Waals surface area contributed by atoms with Crippen molar-refractivity contribution >= 4 is 5.91 Å². The van der Waals surface area contributed by atoms with Gasteiger partial charge in [-0.1, -0.05) is 18.2 Å². The summed E-state index contributed by atoms with van der Waals surface area (Å²) < 4.78 is 5.79. The van der Waals surface area contributed by atoms with Crippen molar-refractivity contribution in [2.75, 3.05) is 13.1 Å². The van der Waals surface area contributed by atoms with Gasteiger partial charge in [0.05, 0.1) is 11.5 Å². The highest BCUT2D eigenvalue weighted by Gasteiger charge is 2.31. The van der Waals surface area contributed by atoms with Crippen LogP contribution in [-0.2, 0) is 0 Å². The second-order valence-corrected chi connectivity index (χ2v) is 5.79. The number of aromatic nitrogens is 3. The highest BCUT2D eigenvalue weighted by molar-refractivity contribution is 5.94. The second kappa shape index (κ2) is 6.23. The third kappa shape index (κ3) is 2.78. The van der Waals surface area contributed by atoms with Crippen LogP contribution in [0.15, 0.2) is 59.3 Å². The van der Waals surface area contributed by atoms with E-state index < -0.39 is 0 Å². The lowest BCUT2D eigenvalue weighted by atomic mass is 10.1. The minimum absolute atomic E-state index is 0.0464. The third-order valence-corrected chi connectivity index (χ3v) is 4.19. The smallest absolute Gasteiger partial charge is 0.253 e. The molecule has 0 saturated carbocycles. The molecule has 2 aromatic heterocycles. The monoisotopic (exact) mass is 320 g/mol. The number of hydrogen-bond donors (Lipinski definition) is 0. The number of nitrogens with zero attached hydrogens (tertiary/aromatic N) is 4. The first-order valence-electron chi connectivity index (χ1n) is 7.89. The van der Waals surface area contributed by atoms with Gasteiger partial charge in [-0.2, -0.15) is 0 Å². The molecule has 3 heterocycles. The van der Waals surface area contributed by atoms with Crippen molar-refractivity contribution in [2.24, 2.45) is 0 Å². The molecule has 0 bridgehead atoms. The van der Waals surface area contributed by atoms with Gasteiger partial charge in [-0.3, -0.25) is 9.78 Å². The summed E-state index contributed by atoms with van der Waals surface area (Å²) in [7, 11) is 0. The maximum atomic E-state index is 12.5. The molecule has 0 radical (unpaired) electrons. The fraction of sp³-hybridized carbons (Fsp3) is 0.222. The van der Waals surface area contributed by atoms with Gasteiger partial charge in [0.25, 0.3) is 5.91 Å². The van der Waals surface area contributed by atoms with Crippen LogP contribution in [0.25, 0.3) is 11.5 Å². The number of likely N-dealkylation sites (tertiary alicyclic amines) is 1. The molecular weight excluding hydrogens is 304 g/mol. The molecule has 1 atom stereocenters. The number of carbonyl (C=O) groups excluding carboxylic acids is 1. The van der Waals surface area contributed by atoms with Gasteiger partial charge in [0, 0.05) is 31.0 Å². The van der Waals surface area contributed by atoms with Crippen LogP contribution in [0.4, 0.5) is 0 Å². The third-order valence-electron chi connectivity index (χ3n) is 4.19. The summed E-state index contributed by atoms with van der Waals surface area (Å²) in [5.74, 6) is 1.17. The van der Waals surface area contributed by atoms with E-state index in [2.05, 4.69) is 15.2 Å². The van der Waals surface area contributed by atoms with Crippen LogP contribution in [0.5, 0.6) is 0 Å². The molecule has 1 aliphatic heterocycles. The van der Waals surface area contributed by atoms with Gasteiger partial charge in [0.15, 0.2) is 0 Å². The van der Waals surface area contributed by atoms with Gasteiger partial charge in [-0.25, -0.2) is 0 Å². The predicted molar refractivity (Wildman–Crippen MR) is 87.2 cm³/mol. The Labute approximate surface area is 139 Å². The van der Waals surface area contributed by atoms with Gasteiger partial charge < -0.3 is 9.32 Å². The lowest BCUT2D eigenvalue weighted by molar-refractivity contribution is 0.0790. The van der Waals surface area contributed by atoms with Gasteiger partial charge >= 0.3 is 0 Å². The summed E-state index contributed by atoms with van der Waals surface area (Å²) in [6.45, 7) is 1.30. The molecule has 0 N–H and O–H groups in total. The van der Waals surface area contributed by atoms with E-state index in [0.717, 1.165) is 12.0 Å². The summed E-state index contributed by atoms with van der Waals surface area (Å²) in [5.41, 5.74) is 1.51. The van der Waals surface area contributed by atoms with E-state index in [-0.39, 0.29) is 11.8 Å². The summed E-state index contributed by atoms with van der Waals surface area (Å²) in [6.07, 6.45) is 4.22. The van der Waals surface area contributed by atoms with Crippen molar-refractivity contribution in [3.63, 3.8) is 0 Å². The van der Waals surface area contributed by atoms with Crippen LogP contribution in [0.2, 0.25) is 0 Å². The number of hydrogen-bond acceptors (Lipinski definition) is 5. The van der Waals surface area contributed by atoms with E-state index in [4.69, 9.17) is 4.42 Å². The van der Waals surface area contributed by atoms with Crippen LogP contribution < -0.4 is 0 Å². The molecule has 0 spiro atoms. The first-order valence-corrected chi connectivity index (χ1v) is 7.89. The quantitative estimate of drug-likeness (QED) is 0.742. The van der Waals surface area contributed by atoms with Gasteiger partial charge in [0.2, 0.25) is 11.8 Å². The van der Waals surface area contributed by atoms with E-state index >= 15 is 0 Å². The molecule has 4 rings (SSSR count). The maximum absolute atomic E-state index is 12.5. The Bertz CT molecular complexity index is 832. The van der Waals surface area contributed by atoms with Crippen molar-refractivity contribution in [1.29, 1.82) is 0 Å². The molecule has 1 amide bonds. The van der Waals surface area contributed by atoms with Crippen molar-refractivity contribution < 1.29 is 9.21 Å². The summed E-state index contributed by atoms with van der Waals surface area (Å²) >= 11 is 0. The van der Waals surface area contributed by atoms with Crippen LogP contribution >= 0.6 is 0 Å². The molecule has 120 valence electrons. The lowest BCUT2D eigenvalue weighted by Crippen LogP contribution is -2.28. The molecule has 0 aliphatic carbocycles. The number of carbonyl (C=O) groups is 1. The van der Waals surface area contributed by atoms with Crippen molar-refractivity contribution in [2.45, 2.75) is 12.3 Å². The van der Waals surface area contributed by atoms with E-state index in [1.807, 2.05) is 47.4 Å². The topological polar surface area (TPSA) is 72.1 Å². The number of pyridine rings is 1. The summed E-state index contributed by atoms with van der Waals surface area (Å²) in [6, 6.07) is 13.0. The molecule has 1 saturated heterocycles. The highest BCUT2D eigenvalue weighted by atomic mass is 16.4. The Morgan fingerprint density at radius 3 is 2.79 bits per heavy atom. The highest BCUT2D eigenvalue weighted by Crippen LogP contribution is 2.29. The standard InChI is InChI=1S/C18H16N4O2/c23-18(13-5-2-1-3-6-13)22-10-8-15(12-22)17-21-20-16(24-17)14-7-4-9-19-11-14/h1-7,9,11,15H,8,10,12H2/t15-/m0/s1. The van der Waals surface area contributed by atoms with Crippen molar-refractivity contribution in [1.82, 2.24) is 20.1 Å². The molecule has 6 heteroatoms. The molecule has 6 nitrogen and oxygen atoms in total. The van der Waals surface area contributed by atoms with E-state index in [1.54, 1.807) is 12.4 Å². The molecule has 1 aromatic carbocycles. The Morgan fingerprint density at radius 2 is 2.00 bits per heavy atom. The lowest BCUT2D eigenvalue weighted by Gasteiger charge is -2.15. The van der Waals surface area contributed by atoms with Crippen LogP contribution in [0.3, 0.4) is 0 Å². The van der Waals surface area contributed by atoms with Crippen molar-refractivity contribution in [3.8, 4) is 11.5 Å². The Hall–Kier alpha value is -3.02. The van der Waals surface area contributed by atoms with Crippen LogP contribution in [-0.4, -0.2) is 39.1 Å². The first kappa shape index (κ1) is 14.6. The van der Waals surface area contributed by atoms with Crippen molar-refractivity contribution in [3.05, 3.63) is 66.3 Å². The number of rotatable bonds is 3. The minimum atomic E-state index is 0.0464. The number of benzene rings is 1. The number of amides is 1. The molecule has 3 aromatic rings. The van der Waals surface area contributed by atoms with Gasteiger partial charge in [-0.05, 0) is 30.7 Å². The molecular formula is C18H16N4O2. The average molecular weight is 320 g/mol. The Kier molecular flexibility index (Phi) is 3.78.